The molecule has 1 aromatic rings. The normalized spacial score (nSPS) is 22.9. The largest absolute Gasteiger partial charge is 0.478 e. The number of carboxylic acids is 1. The van der Waals surface area contributed by atoms with Crippen LogP contribution in [0, 0.1) is 11.8 Å². The number of hydrogen-bond donors (Lipinski definition) is 2. The number of hydrogen-bond acceptors (Lipinski definition) is 3. The number of nitrogens with zero attached hydrogens (tertiary/aromatic N) is 1. The van der Waals surface area contributed by atoms with Gasteiger partial charge in [-0.1, -0.05) is 20.3 Å². The highest BCUT2D eigenvalue weighted by Crippen LogP contribution is 2.26. The lowest BCUT2D eigenvalue weighted by atomic mass is 9.81. The molecule has 1 aliphatic rings. The van der Waals surface area contributed by atoms with E-state index in [4.69, 9.17) is 5.11 Å². The van der Waals surface area contributed by atoms with E-state index in [-0.39, 0.29) is 5.56 Å². The number of anilines is 1. The van der Waals surface area contributed by atoms with Gasteiger partial charge in [-0.3, -0.25) is 5.43 Å². The number of nitrogens with one attached hydrogen (secondary N) is 1. The summed E-state index contributed by atoms with van der Waals surface area (Å²) in [6.45, 7) is 4.42. The predicted octanol–water partition coefficient (Wildman–Crippen LogP) is 3.61. The van der Waals surface area contributed by atoms with E-state index in [0.29, 0.717) is 11.8 Å². The molecule has 2 N–H and O–H groups in total. The molecule has 2 atom stereocenters. The summed E-state index contributed by atoms with van der Waals surface area (Å²) in [4.78, 5) is 10.8. The van der Waals surface area contributed by atoms with Crippen LogP contribution >= 0.6 is 0 Å². The number of carboxylic acid groups (broad SMARTS) is 1. The maximum atomic E-state index is 10.8. The molecule has 0 unspecified atom stereocenters. The van der Waals surface area contributed by atoms with Gasteiger partial charge in [-0.2, -0.15) is 5.10 Å². The van der Waals surface area contributed by atoms with Gasteiger partial charge in [0.2, 0.25) is 0 Å². The fourth-order valence-corrected chi connectivity index (χ4v) is 2.55. The molecule has 0 saturated heterocycles. The quantitative estimate of drug-likeness (QED) is 0.816. The van der Waals surface area contributed by atoms with Crippen LogP contribution in [0.15, 0.2) is 29.4 Å². The van der Waals surface area contributed by atoms with Gasteiger partial charge < -0.3 is 5.11 Å². The molecular weight excluding hydrogens is 240 g/mol. The second-order valence-electron chi connectivity index (χ2n) is 5.26. The molecule has 0 spiro atoms. The molecule has 0 bridgehead atoms. The minimum absolute atomic E-state index is 0.289. The lowest BCUT2D eigenvalue weighted by Crippen LogP contribution is -2.25. The Morgan fingerprint density at radius 1 is 1.21 bits per heavy atom. The van der Waals surface area contributed by atoms with E-state index in [9.17, 15) is 4.79 Å². The molecule has 0 heterocycles. The zero-order valence-corrected chi connectivity index (χ0v) is 11.4. The van der Waals surface area contributed by atoms with Crippen LogP contribution < -0.4 is 5.43 Å². The Bertz CT molecular complexity index is 467. The highest BCUT2D eigenvalue weighted by molar-refractivity contribution is 5.90. The first-order valence-electron chi connectivity index (χ1n) is 6.74. The standard InChI is InChI=1S/C15H20N2O2/c1-10-4-3-5-11(2)14(10)17-16-13-8-6-12(7-9-13)15(18)19/h6-11,16H,3-5H2,1-2H3,(H,18,19)/t10-,11-/m0/s1. The van der Waals surface area contributed by atoms with Gasteiger partial charge in [0.15, 0.2) is 0 Å². The second-order valence-corrected chi connectivity index (χ2v) is 5.26. The lowest BCUT2D eigenvalue weighted by molar-refractivity contribution is 0.0697. The highest BCUT2D eigenvalue weighted by atomic mass is 16.4. The van der Waals surface area contributed by atoms with Crippen LogP contribution in [0.3, 0.4) is 0 Å². The first-order chi connectivity index (χ1) is 9.08. The minimum atomic E-state index is -0.910. The van der Waals surface area contributed by atoms with Crippen molar-refractivity contribution < 1.29 is 9.90 Å². The Hall–Kier alpha value is -1.84. The van der Waals surface area contributed by atoms with E-state index < -0.39 is 5.97 Å². The van der Waals surface area contributed by atoms with Crippen LogP contribution in [0.1, 0.15) is 43.5 Å². The third-order valence-electron chi connectivity index (χ3n) is 3.73. The molecule has 0 amide bonds. The van der Waals surface area contributed by atoms with Gasteiger partial charge in [0.25, 0.3) is 0 Å². The van der Waals surface area contributed by atoms with Gasteiger partial charge in [0.1, 0.15) is 0 Å². The molecule has 1 fully saturated rings. The van der Waals surface area contributed by atoms with Gasteiger partial charge in [-0.15, -0.1) is 0 Å². The Morgan fingerprint density at radius 2 is 1.79 bits per heavy atom. The Labute approximate surface area is 113 Å². The van der Waals surface area contributed by atoms with E-state index in [1.165, 1.54) is 25.0 Å². The van der Waals surface area contributed by atoms with Gasteiger partial charge in [-0.05, 0) is 48.9 Å². The molecular formula is C15H20N2O2. The number of hydrazone groups is 1. The van der Waals surface area contributed by atoms with Gasteiger partial charge in [0.05, 0.1) is 11.3 Å². The summed E-state index contributed by atoms with van der Waals surface area (Å²) in [5.74, 6) is 0.136. The SMILES string of the molecule is C[C@H]1CCC[C@H](C)C1=NNc1ccc(C(=O)O)cc1. The molecule has 2 rings (SSSR count). The van der Waals surface area contributed by atoms with Crippen LogP contribution in [0.25, 0.3) is 0 Å². The van der Waals surface area contributed by atoms with Crippen molar-refractivity contribution in [2.75, 3.05) is 5.43 Å². The summed E-state index contributed by atoms with van der Waals surface area (Å²) in [6.07, 6.45) is 3.67. The predicted molar refractivity (Wildman–Crippen MR) is 76.6 cm³/mol. The van der Waals surface area contributed by atoms with Gasteiger partial charge >= 0.3 is 5.97 Å². The molecule has 4 nitrogen and oxygen atoms in total. The topological polar surface area (TPSA) is 61.7 Å². The molecule has 1 aromatic carbocycles. The summed E-state index contributed by atoms with van der Waals surface area (Å²) < 4.78 is 0. The van der Waals surface area contributed by atoms with Crippen LogP contribution in [-0.4, -0.2) is 16.8 Å². The maximum absolute atomic E-state index is 10.8. The molecule has 4 heteroatoms. The van der Waals surface area contributed by atoms with Crippen molar-refractivity contribution in [2.45, 2.75) is 33.1 Å². The number of carbonyl (C=O) groups is 1. The smallest absolute Gasteiger partial charge is 0.335 e. The summed E-state index contributed by atoms with van der Waals surface area (Å²) in [5.41, 5.74) is 5.36. The van der Waals surface area contributed by atoms with Crippen molar-refractivity contribution in [3.8, 4) is 0 Å². The number of benzene rings is 1. The maximum Gasteiger partial charge on any atom is 0.335 e. The molecule has 102 valence electrons. The second kappa shape index (κ2) is 5.87. The Kier molecular flexibility index (Phi) is 4.20. The summed E-state index contributed by atoms with van der Waals surface area (Å²) in [5, 5.41) is 13.3. The van der Waals surface area contributed by atoms with Crippen molar-refractivity contribution in [2.24, 2.45) is 16.9 Å². The first-order valence-corrected chi connectivity index (χ1v) is 6.74. The van der Waals surface area contributed by atoms with Crippen LogP contribution in [0.4, 0.5) is 5.69 Å². The van der Waals surface area contributed by atoms with Crippen molar-refractivity contribution in [3.05, 3.63) is 29.8 Å². The molecule has 1 aliphatic carbocycles. The van der Waals surface area contributed by atoms with Crippen LogP contribution in [0.2, 0.25) is 0 Å². The van der Waals surface area contributed by atoms with Crippen molar-refractivity contribution in [1.82, 2.24) is 0 Å². The van der Waals surface area contributed by atoms with Crippen molar-refractivity contribution >= 4 is 17.4 Å². The molecule has 19 heavy (non-hydrogen) atoms. The number of aromatic carboxylic acids is 1. The van der Waals surface area contributed by atoms with E-state index in [1.807, 2.05) is 0 Å². The van der Waals surface area contributed by atoms with E-state index in [1.54, 1.807) is 24.3 Å². The average molecular weight is 260 g/mol. The van der Waals surface area contributed by atoms with E-state index in [2.05, 4.69) is 24.4 Å². The average Bonchev–Trinajstić information content (AvgIpc) is 2.38. The minimum Gasteiger partial charge on any atom is -0.478 e. The van der Waals surface area contributed by atoms with Crippen LogP contribution in [0.5, 0.6) is 0 Å². The Morgan fingerprint density at radius 3 is 2.32 bits per heavy atom. The fraction of sp³-hybridized carbons (Fsp3) is 0.467. The first kappa shape index (κ1) is 13.6. The highest BCUT2D eigenvalue weighted by Gasteiger charge is 2.22. The zero-order valence-electron chi connectivity index (χ0n) is 11.4. The monoisotopic (exact) mass is 260 g/mol. The van der Waals surface area contributed by atoms with Gasteiger partial charge in [-0.25, -0.2) is 4.79 Å². The molecule has 0 aliphatic heterocycles. The molecule has 0 radical (unpaired) electrons. The lowest BCUT2D eigenvalue weighted by Gasteiger charge is -2.26. The third-order valence-corrected chi connectivity index (χ3v) is 3.73. The van der Waals surface area contributed by atoms with Crippen molar-refractivity contribution in [1.29, 1.82) is 0 Å². The summed E-state index contributed by atoms with van der Waals surface area (Å²) in [7, 11) is 0. The summed E-state index contributed by atoms with van der Waals surface area (Å²) >= 11 is 0. The Balaban J connectivity index is 2.06. The van der Waals surface area contributed by atoms with Gasteiger partial charge in [0, 0.05) is 5.71 Å². The van der Waals surface area contributed by atoms with E-state index >= 15 is 0 Å². The summed E-state index contributed by atoms with van der Waals surface area (Å²) in [6, 6.07) is 6.65. The van der Waals surface area contributed by atoms with Crippen LogP contribution in [-0.2, 0) is 0 Å². The third kappa shape index (κ3) is 3.34. The molecule has 1 saturated carbocycles. The fourth-order valence-electron chi connectivity index (χ4n) is 2.55. The molecule has 0 aromatic heterocycles. The van der Waals surface area contributed by atoms with Crippen molar-refractivity contribution in [3.63, 3.8) is 0 Å². The zero-order chi connectivity index (χ0) is 13.8. The van der Waals surface area contributed by atoms with E-state index in [0.717, 1.165) is 5.69 Å². The number of rotatable bonds is 3.